The molecule has 0 aliphatic carbocycles. The number of imide groups is 1. The largest absolute Gasteiger partial charge is 0.281 e. The van der Waals surface area contributed by atoms with E-state index in [0.29, 0.717) is 0 Å². The molecule has 0 unspecified atom stereocenters. The zero-order valence-electron chi connectivity index (χ0n) is 10.4. The number of fused-ring (bicyclic) bond motifs is 1. The van der Waals surface area contributed by atoms with E-state index in [4.69, 9.17) is 0 Å². The third kappa shape index (κ3) is 2.01. The zero-order chi connectivity index (χ0) is 14.4. The van der Waals surface area contributed by atoms with E-state index in [1.54, 1.807) is 0 Å². The summed E-state index contributed by atoms with van der Waals surface area (Å²) in [5.74, 6) is -2.01. The van der Waals surface area contributed by atoms with Crippen LogP contribution in [0.15, 0.2) is 18.2 Å². The quantitative estimate of drug-likeness (QED) is 0.774. The van der Waals surface area contributed by atoms with Crippen molar-refractivity contribution >= 4 is 11.8 Å². The molecule has 0 saturated heterocycles. The lowest BCUT2D eigenvalue weighted by atomic mass is 9.73. The average molecular weight is 271 g/mol. The van der Waals surface area contributed by atoms with Gasteiger partial charge in [-0.05, 0) is 30.7 Å². The highest BCUT2D eigenvalue weighted by atomic mass is 19.3. The molecule has 0 spiro atoms. The van der Waals surface area contributed by atoms with Crippen molar-refractivity contribution < 1.29 is 22.8 Å². The minimum absolute atomic E-state index is 0.0286. The first-order chi connectivity index (χ1) is 8.77. The maximum absolute atomic E-state index is 13.3. The van der Waals surface area contributed by atoms with Crippen molar-refractivity contribution in [3.05, 3.63) is 35.1 Å². The Labute approximate surface area is 108 Å². The van der Waals surface area contributed by atoms with Crippen molar-refractivity contribution in [3.8, 4) is 0 Å². The fraction of sp³-hybridized carbons (Fsp3) is 0.385. The van der Waals surface area contributed by atoms with Gasteiger partial charge in [0, 0.05) is 19.0 Å². The van der Waals surface area contributed by atoms with Crippen LogP contribution in [0.5, 0.6) is 0 Å². The molecule has 1 heterocycles. The molecule has 2 amide bonds. The van der Waals surface area contributed by atoms with Crippen LogP contribution >= 0.6 is 0 Å². The fourth-order valence-corrected chi connectivity index (χ4v) is 2.42. The molecule has 1 aromatic rings. The van der Waals surface area contributed by atoms with Gasteiger partial charge in [-0.2, -0.15) is 0 Å². The van der Waals surface area contributed by atoms with Gasteiger partial charge in [-0.25, -0.2) is 13.2 Å². The maximum atomic E-state index is 13.3. The summed E-state index contributed by atoms with van der Waals surface area (Å²) in [6, 6.07) is 3.28. The zero-order valence-corrected chi connectivity index (χ0v) is 10.4. The number of benzene rings is 1. The normalized spacial score (nSPS) is 22.9. The minimum atomic E-state index is -2.73. The third-order valence-corrected chi connectivity index (χ3v) is 3.45. The number of hydrogen-bond acceptors (Lipinski definition) is 2. The van der Waals surface area contributed by atoms with Crippen LogP contribution in [0.4, 0.5) is 13.2 Å². The Balaban J connectivity index is 2.67. The molecule has 1 atom stereocenters. The number of amides is 2. The maximum Gasteiger partial charge on any atom is 0.260 e. The predicted molar refractivity (Wildman–Crippen MR) is 61.5 cm³/mol. The molecule has 0 aromatic heterocycles. The van der Waals surface area contributed by atoms with Gasteiger partial charge in [0.1, 0.15) is 5.82 Å². The van der Waals surface area contributed by atoms with Gasteiger partial charge in [0.05, 0.1) is 5.41 Å². The monoisotopic (exact) mass is 271 g/mol. The predicted octanol–water partition coefficient (Wildman–Crippen LogP) is 2.35. The van der Waals surface area contributed by atoms with E-state index >= 15 is 0 Å². The Hall–Kier alpha value is -1.85. The van der Waals surface area contributed by atoms with E-state index in [0.717, 1.165) is 17.0 Å². The highest BCUT2D eigenvalue weighted by Crippen LogP contribution is 2.38. The number of nitrogens with zero attached hydrogens (tertiary/aromatic N) is 1. The highest BCUT2D eigenvalue weighted by Gasteiger charge is 2.47. The van der Waals surface area contributed by atoms with Crippen LogP contribution in [0.2, 0.25) is 0 Å². The van der Waals surface area contributed by atoms with Gasteiger partial charge in [-0.3, -0.25) is 14.5 Å². The summed E-state index contributed by atoms with van der Waals surface area (Å²) in [6.07, 6.45) is -3.48. The summed E-state index contributed by atoms with van der Waals surface area (Å²) in [6.45, 7) is 1.31. The van der Waals surface area contributed by atoms with E-state index in [2.05, 4.69) is 0 Å². The molecular formula is C13H12F3NO2. The van der Waals surface area contributed by atoms with Crippen molar-refractivity contribution in [3.63, 3.8) is 0 Å². The van der Waals surface area contributed by atoms with E-state index in [9.17, 15) is 22.8 Å². The Morgan fingerprint density at radius 2 is 1.95 bits per heavy atom. The molecule has 2 rings (SSSR count). The van der Waals surface area contributed by atoms with Crippen LogP contribution < -0.4 is 0 Å². The van der Waals surface area contributed by atoms with Gasteiger partial charge in [0.2, 0.25) is 12.3 Å². The van der Waals surface area contributed by atoms with Gasteiger partial charge in [0.25, 0.3) is 5.91 Å². The van der Waals surface area contributed by atoms with Crippen molar-refractivity contribution in [2.45, 2.75) is 25.2 Å². The van der Waals surface area contributed by atoms with Gasteiger partial charge in [0.15, 0.2) is 0 Å². The summed E-state index contributed by atoms with van der Waals surface area (Å²) in [4.78, 5) is 24.8. The van der Waals surface area contributed by atoms with Crippen molar-refractivity contribution in [1.82, 2.24) is 4.90 Å². The van der Waals surface area contributed by atoms with Gasteiger partial charge in [-0.1, -0.05) is 0 Å². The molecular weight excluding hydrogens is 259 g/mol. The van der Waals surface area contributed by atoms with Crippen LogP contribution in [0, 0.1) is 5.82 Å². The third-order valence-electron chi connectivity index (χ3n) is 3.45. The number of hydrogen-bond donors (Lipinski definition) is 0. The number of carbonyl (C=O) groups excluding carboxylic acids is 2. The van der Waals surface area contributed by atoms with Crippen molar-refractivity contribution in [2.75, 3.05) is 7.05 Å². The lowest BCUT2D eigenvalue weighted by Crippen LogP contribution is -2.52. The van der Waals surface area contributed by atoms with Gasteiger partial charge < -0.3 is 0 Å². The van der Waals surface area contributed by atoms with Crippen molar-refractivity contribution in [2.24, 2.45) is 0 Å². The molecule has 1 aliphatic rings. The van der Waals surface area contributed by atoms with Crippen LogP contribution in [0.3, 0.4) is 0 Å². The van der Waals surface area contributed by atoms with Crippen molar-refractivity contribution in [1.29, 1.82) is 0 Å². The SMILES string of the molecule is CN1C(=O)c2ccc(F)cc2[C@@](C)(CC(F)F)C1=O. The Bertz CT molecular complexity index is 559. The highest BCUT2D eigenvalue weighted by molar-refractivity contribution is 6.12. The number of likely N-dealkylation sites (N-methyl/N-ethyl adjacent to an activating group) is 1. The molecule has 0 saturated carbocycles. The van der Waals surface area contributed by atoms with Crippen LogP contribution in [-0.4, -0.2) is 30.2 Å². The van der Waals surface area contributed by atoms with E-state index < -0.39 is 35.9 Å². The number of halogens is 3. The van der Waals surface area contributed by atoms with E-state index in [-0.39, 0.29) is 11.1 Å². The van der Waals surface area contributed by atoms with Crippen LogP contribution in [0.25, 0.3) is 0 Å². The lowest BCUT2D eigenvalue weighted by Gasteiger charge is -2.38. The standard InChI is InChI=1S/C13H12F3NO2/c1-13(6-10(15)16)9-5-7(14)3-4-8(9)11(18)17(2)12(13)19/h3-5,10H,6H2,1-2H3/t13-/m1/s1. The van der Waals surface area contributed by atoms with Crippen LogP contribution in [0.1, 0.15) is 29.3 Å². The summed E-state index contributed by atoms with van der Waals surface area (Å²) >= 11 is 0. The minimum Gasteiger partial charge on any atom is -0.281 e. The summed E-state index contributed by atoms with van der Waals surface area (Å²) in [5.41, 5.74) is -1.47. The molecule has 0 N–H and O–H groups in total. The molecule has 19 heavy (non-hydrogen) atoms. The topological polar surface area (TPSA) is 37.4 Å². The Kier molecular flexibility index (Phi) is 3.12. The second kappa shape index (κ2) is 4.36. The fourth-order valence-electron chi connectivity index (χ4n) is 2.42. The summed E-state index contributed by atoms with van der Waals surface area (Å²) in [7, 11) is 1.24. The number of carbonyl (C=O) groups is 2. The average Bonchev–Trinajstić information content (AvgIpc) is 2.33. The number of rotatable bonds is 2. The number of alkyl halides is 2. The second-order valence-electron chi connectivity index (χ2n) is 4.79. The summed E-state index contributed by atoms with van der Waals surface area (Å²) in [5, 5.41) is 0. The molecule has 102 valence electrons. The molecule has 0 fully saturated rings. The second-order valence-corrected chi connectivity index (χ2v) is 4.79. The van der Waals surface area contributed by atoms with Crippen LogP contribution in [-0.2, 0) is 10.2 Å². The first kappa shape index (κ1) is 13.6. The Morgan fingerprint density at radius 1 is 1.32 bits per heavy atom. The molecule has 1 aromatic carbocycles. The Morgan fingerprint density at radius 3 is 2.53 bits per heavy atom. The van der Waals surface area contributed by atoms with Gasteiger partial charge >= 0.3 is 0 Å². The molecule has 1 aliphatic heterocycles. The molecule has 0 radical (unpaired) electrons. The van der Waals surface area contributed by atoms with Gasteiger partial charge in [-0.15, -0.1) is 0 Å². The van der Waals surface area contributed by atoms with E-state index in [1.807, 2.05) is 0 Å². The smallest absolute Gasteiger partial charge is 0.260 e. The lowest BCUT2D eigenvalue weighted by molar-refractivity contribution is -0.135. The molecule has 0 bridgehead atoms. The first-order valence-electron chi connectivity index (χ1n) is 5.68. The first-order valence-corrected chi connectivity index (χ1v) is 5.68. The molecule has 3 nitrogen and oxygen atoms in total. The molecule has 6 heteroatoms. The summed E-state index contributed by atoms with van der Waals surface area (Å²) < 4.78 is 38.7. The van der Waals surface area contributed by atoms with E-state index in [1.165, 1.54) is 20.0 Å².